The molecule has 0 aromatic heterocycles. The molecule has 3 aromatic rings. The van der Waals surface area contributed by atoms with Gasteiger partial charge < -0.3 is 9.84 Å². The Morgan fingerprint density at radius 1 is 0.846 bits per heavy atom. The van der Waals surface area contributed by atoms with Crippen LogP contribution in [0.5, 0.6) is 11.5 Å². The number of ether oxygens (including phenoxy) is 1. The fourth-order valence-electron chi connectivity index (χ4n) is 2.81. The van der Waals surface area contributed by atoms with Crippen LogP contribution in [0.3, 0.4) is 0 Å². The zero-order chi connectivity index (χ0) is 18.5. The zero-order valence-electron chi connectivity index (χ0n) is 14.8. The quantitative estimate of drug-likeness (QED) is 0.475. The van der Waals surface area contributed by atoms with Crippen molar-refractivity contribution in [3.05, 3.63) is 95.1 Å². The Morgan fingerprint density at radius 2 is 1.46 bits per heavy atom. The SMILES string of the molecule is Cc1cc(C)cc(Oc2ccc(/C=C(\C(=O)O)c3ccccc3)cc2)c1. The molecule has 26 heavy (non-hydrogen) atoms. The molecule has 0 spiro atoms. The van der Waals surface area contributed by atoms with Crippen molar-refractivity contribution in [3.8, 4) is 11.5 Å². The number of aryl methyl sites for hydroxylation is 2. The van der Waals surface area contributed by atoms with Crippen molar-refractivity contribution < 1.29 is 14.6 Å². The summed E-state index contributed by atoms with van der Waals surface area (Å²) in [6.45, 7) is 4.07. The van der Waals surface area contributed by atoms with Crippen molar-refractivity contribution in [3.63, 3.8) is 0 Å². The molecule has 0 aliphatic rings. The Balaban J connectivity index is 1.83. The van der Waals surface area contributed by atoms with Crippen LogP contribution in [-0.2, 0) is 4.79 Å². The first-order chi connectivity index (χ1) is 12.5. The number of rotatable bonds is 5. The van der Waals surface area contributed by atoms with Crippen LogP contribution < -0.4 is 4.74 Å². The van der Waals surface area contributed by atoms with E-state index in [-0.39, 0.29) is 5.57 Å². The van der Waals surface area contributed by atoms with Crippen LogP contribution >= 0.6 is 0 Å². The Hall–Kier alpha value is -3.33. The van der Waals surface area contributed by atoms with Crippen LogP contribution in [0, 0.1) is 13.8 Å². The van der Waals surface area contributed by atoms with Crippen LogP contribution in [-0.4, -0.2) is 11.1 Å². The highest BCUT2D eigenvalue weighted by atomic mass is 16.5. The van der Waals surface area contributed by atoms with E-state index in [0.29, 0.717) is 11.3 Å². The van der Waals surface area contributed by atoms with Gasteiger partial charge in [-0.1, -0.05) is 48.5 Å². The van der Waals surface area contributed by atoms with Gasteiger partial charge in [-0.3, -0.25) is 0 Å². The minimum absolute atomic E-state index is 0.258. The third-order valence-corrected chi connectivity index (χ3v) is 3.94. The summed E-state index contributed by atoms with van der Waals surface area (Å²) in [5, 5.41) is 9.50. The number of aliphatic carboxylic acids is 1. The smallest absolute Gasteiger partial charge is 0.336 e. The van der Waals surface area contributed by atoms with Crippen LogP contribution in [0.25, 0.3) is 11.6 Å². The Bertz CT molecular complexity index is 919. The fourth-order valence-corrected chi connectivity index (χ4v) is 2.81. The largest absolute Gasteiger partial charge is 0.478 e. The lowest BCUT2D eigenvalue weighted by Gasteiger charge is -2.08. The number of carboxylic acids is 1. The van der Waals surface area contributed by atoms with E-state index in [4.69, 9.17) is 4.74 Å². The highest BCUT2D eigenvalue weighted by Gasteiger charge is 2.10. The molecule has 3 aromatic carbocycles. The maximum absolute atomic E-state index is 11.6. The summed E-state index contributed by atoms with van der Waals surface area (Å²) in [4.78, 5) is 11.6. The van der Waals surface area contributed by atoms with Crippen molar-refractivity contribution in [1.29, 1.82) is 0 Å². The second kappa shape index (κ2) is 7.70. The number of carbonyl (C=O) groups is 1. The summed E-state index contributed by atoms with van der Waals surface area (Å²) in [7, 11) is 0. The van der Waals surface area contributed by atoms with Gasteiger partial charge in [0.1, 0.15) is 11.5 Å². The van der Waals surface area contributed by atoms with Gasteiger partial charge in [0.2, 0.25) is 0 Å². The van der Waals surface area contributed by atoms with Gasteiger partial charge in [-0.05, 0) is 66.4 Å². The van der Waals surface area contributed by atoms with Crippen molar-refractivity contribution in [2.24, 2.45) is 0 Å². The molecule has 3 heteroatoms. The third kappa shape index (κ3) is 4.39. The lowest BCUT2D eigenvalue weighted by atomic mass is 10.0. The fraction of sp³-hybridized carbons (Fsp3) is 0.0870. The molecular weight excluding hydrogens is 324 g/mol. The second-order valence-corrected chi connectivity index (χ2v) is 6.22. The maximum atomic E-state index is 11.6. The van der Waals surface area contributed by atoms with Crippen molar-refractivity contribution in [2.75, 3.05) is 0 Å². The van der Waals surface area contributed by atoms with Crippen molar-refractivity contribution in [1.82, 2.24) is 0 Å². The number of benzene rings is 3. The molecule has 0 aliphatic heterocycles. The number of hydrogen-bond donors (Lipinski definition) is 1. The topological polar surface area (TPSA) is 46.5 Å². The van der Waals surface area contributed by atoms with E-state index >= 15 is 0 Å². The molecule has 0 saturated carbocycles. The van der Waals surface area contributed by atoms with Crippen molar-refractivity contribution in [2.45, 2.75) is 13.8 Å². The first-order valence-corrected chi connectivity index (χ1v) is 8.38. The third-order valence-electron chi connectivity index (χ3n) is 3.94. The molecule has 0 amide bonds. The summed E-state index contributed by atoms with van der Waals surface area (Å²) in [5.41, 5.74) is 4.03. The Kier molecular flexibility index (Phi) is 5.18. The van der Waals surface area contributed by atoms with Gasteiger partial charge in [-0.2, -0.15) is 0 Å². The molecule has 0 fully saturated rings. The molecule has 130 valence electrons. The van der Waals surface area contributed by atoms with Gasteiger partial charge in [0, 0.05) is 0 Å². The molecule has 3 nitrogen and oxygen atoms in total. The molecule has 0 atom stereocenters. The Labute approximate surface area is 153 Å². The summed E-state index contributed by atoms with van der Waals surface area (Å²) in [6.07, 6.45) is 1.66. The van der Waals surface area contributed by atoms with Gasteiger partial charge in [0.05, 0.1) is 5.57 Å². The van der Waals surface area contributed by atoms with Crippen molar-refractivity contribution >= 4 is 17.6 Å². The molecule has 0 saturated heterocycles. The molecule has 1 N–H and O–H groups in total. The minimum Gasteiger partial charge on any atom is -0.478 e. The minimum atomic E-state index is -0.952. The van der Waals surface area contributed by atoms with E-state index in [1.165, 1.54) is 0 Å². The van der Waals surface area contributed by atoms with Gasteiger partial charge in [-0.25, -0.2) is 4.79 Å². The molecule has 0 unspecified atom stereocenters. The molecule has 0 bridgehead atoms. The standard InChI is InChI=1S/C23H20O3/c1-16-12-17(2)14-21(13-16)26-20-10-8-18(9-11-20)15-22(23(24)25)19-6-4-3-5-7-19/h3-15H,1-2H3,(H,24,25)/b22-15-. The number of carboxylic acid groups (broad SMARTS) is 1. The molecule has 0 radical (unpaired) electrons. The van der Waals surface area contributed by atoms with E-state index in [2.05, 4.69) is 6.07 Å². The van der Waals surface area contributed by atoms with E-state index in [1.54, 1.807) is 18.2 Å². The highest BCUT2D eigenvalue weighted by molar-refractivity contribution is 6.20. The van der Waals surface area contributed by atoms with Gasteiger partial charge >= 0.3 is 5.97 Å². The molecular formula is C23H20O3. The molecule has 3 rings (SSSR count). The van der Waals surface area contributed by atoms with E-state index in [9.17, 15) is 9.90 Å². The monoisotopic (exact) mass is 344 g/mol. The number of hydrogen-bond acceptors (Lipinski definition) is 2. The average Bonchev–Trinajstić information content (AvgIpc) is 2.60. The van der Waals surface area contributed by atoms with Crippen LogP contribution in [0.15, 0.2) is 72.8 Å². The highest BCUT2D eigenvalue weighted by Crippen LogP contribution is 2.25. The lowest BCUT2D eigenvalue weighted by molar-refractivity contribution is -0.130. The van der Waals surface area contributed by atoms with Crippen LogP contribution in [0.1, 0.15) is 22.3 Å². The molecule has 0 heterocycles. The maximum Gasteiger partial charge on any atom is 0.336 e. The molecule has 0 aliphatic carbocycles. The predicted octanol–water partition coefficient (Wildman–Crippen LogP) is 5.72. The zero-order valence-corrected chi connectivity index (χ0v) is 14.8. The summed E-state index contributed by atoms with van der Waals surface area (Å²) < 4.78 is 5.90. The van der Waals surface area contributed by atoms with Gasteiger partial charge in [0.15, 0.2) is 0 Å². The van der Waals surface area contributed by atoms with E-state index < -0.39 is 5.97 Å². The predicted molar refractivity (Wildman–Crippen MR) is 104 cm³/mol. The van der Waals surface area contributed by atoms with E-state index in [1.807, 2.05) is 68.4 Å². The Morgan fingerprint density at radius 3 is 2.04 bits per heavy atom. The normalized spacial score (nSPS) is 11.2. The lowest BCUT2D eigenvalue weighted by Crippen LogP contribution is -1.99. The van der Waals surface area contributed by atoms with E-state index in [0.717, 1.165) is 22.4 Å². The van der Waals surface area contributed by atoms with Crippen LogP contribution in [0.2, 0.25) is 0 Å². The second-order valence-electron chi connectivity index (χ2n) is 6.22. The summed E-state index contributed by atoms with van der Waals surface area (Å²) >= 11 is 0. The summed E-state index contributed by atoms with van der Waals surface area (Å²) in [5.74, 6) is 0.553. The van der Waals surface area contributed by atoms with Crippen LogP contribution in [0.4, 0.5) is 0 Å². The van der Waals surface area contributed by atoms with Gasteiger partial charge in [0.25, 0.3) is 0 Å². The average molecular weight is 344 g/mol. The summed E-state index contributed by atoms with van der Waals surface area (Å²) in [6, 6.07) is 22.5. The first-order valence-electron chi connectivity index (χ1n) is 8.38. The first kappa shape index (κ1) is 17.5. The van der Waals surface area contributed by atoms with Gasteiger partial charge in [-0.15, -0.1) is 0 Å².